The first-order valence-corrected chi connectivity index (χ1v) is 7.22. The molecule has 2 N–H and O–H groups in total. The van der Waals surface area contributed by atoms with Crippen molar-refractivity contribution < 1.29 is 9.15 Å². The molecule has 0 amide bonds. The second-order valence-corrected chi connectivity index (χ2v) is 5.89. The fourth-order valence-electron chi connectivity index (χ4n) is 3.63. The van der Waals surface area contributed by atoms with Crippen molar-refractivity contribution in [3.8, 4) is 0 Å². The normalized spacial score (nSPS) is 29.3. The lowest BCUT2D eigenvalue weighted by atomic mass is 9.74. The zero-order valence-corrected chi connectivity index (χ0v) is 10.9. The predicted octanol–water partition coefficient (Wildman–Crippen LogP) is 3.41. The van der Waals surface area contributed by atoms with Gasteiger partial charge in [-0.1, -0.05) is 19.3 Å². The Morgan fingerprint density at radius 2 is 2.11 bits per heavy atom. The van der Waals surface area contributed by atoms with E-state index in [2.05, 4.69) is 0 Å². The summed E-state index contributed by atoms with van der Waals surface area (Å²) in [5.41, 5.74) is 6.49. The van der Waals surface area contributed by atoms with Crippen LogP contribution in [0.4, 0.5) is 0 Å². The van der Waals surface area contributed by atoms with E-state index in [1.807, 2.05) is 12.1 Å². The number of furan rings is 1. The van der Waals surface area contributed by atoms with Crippen LogP contribution in [0.15, 0.2) is 22.8 Å². The van der Waals surface area contributed by atoms with Crippen LogP contribution in [0.25, 0.3) is 0 Å². The van der Waals surface area contributed by atoms with Gasteiger partial charge in [0.25, 0.3) is 0 Å². The minimum Gasteiger partial charge on any atom is -0.468 e. The maximum absolute atomic E-state index is 6.35. The molecule has 18 heavy (non-hydrogen) atoms. The largest absolute Gasteiger partial charge is 0.468 e. The molecule has 3 heteroatoms. The van der Waals surface area contributed by atoms with E-state index in [0.717, 1.165) is 25.2 Å². The lowest BCUT2D eigenvalue weighted by molar-refractivity contribution is -0.121. The third-order valence-corrected chi connectivity index (χ3v) is 4.68. The molecule has 0 radical (unpaired) electrons. The van der Waals surface area contributed by atoms with Crippen molar-refractivity contribution in [2.45, 2.75) is 56.6 Å². The first-order valence-electron chi connectivity index (χ1n) is 7.22. The molecule has 100 valence electrons. The molecule has 2 aliphatic rings. The molecule has 1 aromatic rings. The number of rotatable bonds is 2. The summed E-state index contributed by atoms with van der Waals surface area (Å²) in [6.07, 6.45) is 10.3. The lowest BCUT2D eigenvalue weighted by Crippen LogP contribution is -2.43. The van der Waals surface area contributed by atoms with Gasteiger partial charge < -0.3 is 14.9 Å². The van der Waals surface area contributed by atoms with Crippen molar-refractivity contribution in [1.82, 2.24) is 0 Å². The topological polar surface area (TPSA) is 48.4 Å². The van der Waals surface area contributed by atoms with Crippen molar-refractivity contribution in [2.24, 2.45) is 11.7 Å². The van der Waals surface area contributed by atoms with Gasteiger partial charge >= 0.3 is 0 Å². The summed E-state index contributed by atoms with van der Waals surface area (Å²) < 4.78 is 11.6. The van der Waals surface area contributed by atoms with Gasteiger partial charge in [-0.15, -0.1) is 0 Å². The molecule has 1 aliphatic heterocycles. The molecule has 2 heterocycles. The zero-order valence-electron chi connectivity index (χ0n) is 10.9. The second-order valence-electron chi connectivity index (χ2n) is 5.89. The molecule has 1 aromatic heterocycles. The summed E-state index contributed by atoms with van der Waals surface area (Å²) >= 11 is 0. The molecule has 2 fully saturated rings. The summed E-state index contributed by atoms with van der Waals surface area (Å²) in [7, 11) is 0. The van der Waals surface area contributed by atoms with Crippen LogP contribution in [0, 0.1) is 5.92 Å². The average Bonchev–Trinajstić information content (AvgIpc) is 2.93. The first-order chi connectivity index (χ1) is 8.79. The van der Waals surface area contributed by atoms with Crippen LogP contribution in [0.2, 0.25) is 0 Å². The first kappa shape index (κ1) is 12.2. The van der Waals surface area contributed by atoms with Crippen LogP contribution in [0.5, 0.6) is 0 Å². The quantitative estimate of drug-likeness (QED) is 0.873. The number of hydrogen-bond acceptors (Lipinski definition) is 3. The standard InChI is InChI=1S/C15H23NO2/c16-14(13-5-4-9-17-13)12-6-10-18-15(11-12)7-2-1-3-8-15/h4-5,9,12,14H,1-3,6-8,10-11,16H2. The van der Waals surface area contributed by atoms with Gasteiger partial charge in [0, 0.05) is 6.61 Å². The van der Waals surface area contributed by atoms with Crippen LogP contribution >= 0.6 is 0 Å². The van der Waals surface area contributed by atoms with Crippen molar-refractivity contribution in [3.63, 3.8) is 0 Å². The van der Waals surface area contributed by atoms with Gasteiger partial charge in [-0.3, -0.25) is 0 Å². The van der Waals surface area contributed by atoms with Crippen molar-refractivity contribution in [1.29, 1.82) is 0 Å². The van der Waals surface area contributed by atoms with E-state index in [9.17, 15) is 0 Å². The lowest BCUT2D eigenvalue weighted by Gasteiger charge is -2.44. The Kier molecular flexibility index (Phi) is 3.44. The Morgan fingerprint density at radius 1 is 1.28 bits per heavy atom. The summed E-state index contributed by atoms with van der Waals surface area (Å²) in [5, 5.41) is 0. The predicted molar refractivity (Wildman–Crippen MR) is 70.1 cm³/mol. The molecule has 1 aliphatic carbocycles. The molecule has 3 nitrogen and oxygen atoms in total. The fraction of sp³-hybridized carbons (Fsp3) is 0.733. The van der Waals surface area contributed by atoms with E-state index in [0.29, 0.717) is 5.92 Å². The monoisotopic (exact) mass is 249 g/mol. The van der Waals surface area contributed by atoms with E-state index >= 15 is 0 Å². The van der Waals surface area contributed by atoms with E-state index < -0.39 is 0 Å². The number of nitrogens with two attached hydrogens (primary N) is 1. The molecule has 0 aromatic carbocycles. The molecule has 0 bridgehead atoms. The van der Waals surface area contributed by atoms with Crippen LogP contribution in [-0.4, -0.2) is 12.2 Å². The molecule has 2 atom stereocenters. The Bertz CT molecular complexity index is 362. The van der Waals surface area contributed by atoms with Gasteiger partial charge in [0.15, 0.2) is 0 Å². The zero-order chi connectivity index (χ0) is 12.4. The molecule has 1 saturated carbocycles. The van der Waals surface area contributed by atoms with Gasteiger partial charge in [0.1, 0.15) is 5.76 Å². The highest BCUT2D eigenvalue weighted by Gasteiger charge is 2.40. The summed E-state index contributed by atoms with van der Waals surface area (Å²) in [5.74, 6) is 1.43. The fourth-order valence-corrected chi connectivity index (χ4v) is 3.63. The maximum Gasteiger partial charge on any atom is 0.120 e. The van der Waals surface area contributed by atoms with Crippen molar-refractivity contribution in [2.75, 3.05) is 6.61 Å². The van der Waals surface area contributed by atoms with E-state index in [4.69, 9.17) is 14.9 Å². The van der Waals surface area contributed by atoms with Crippen LogP contribution in [0.3, 0.4) is 0 Å². The van der Waals surface area contributed by atoms with Crippen molar-refractivity contribution in [3.05, 3.63) is 24.2 Å². The molecule has 2 unspecified atom stereocenters. The average molecular weight is 249 g/mol. The summed E-state index contributed by atoms with van der Waals surface area (Å²) in [6, 6.07) is 3.95. The molecule has 1 spiro atoms. The van der Waals surface area contributed by atoms with Gasteiger partial charge in [-0.05, 0) is 43.7 Å². The highest BCUT2D eigenvalue weighted by atomic mass is 16.5. The van der Waals surface area contributed by atoms with E-state index in [-0.39, 0.29) is 11.6 Å². The minimum absolute atomic E-state index is 0.0303. The summed E-state index contributed by atoms with van der Waals surface area (Å²) in [6.45, 7) is 0.860. The molecular weight excluding hydrogens is 226 g/mol. The van der Waals surface area contributed by atoms with E-state index in [1.165, 1.54) is 32.1 Å². The minimum atomic E-state index is 0.0303. The molecular formula is C15H23NO2. The SMILES string of the molecule is NC(c1ccco1)C1CCOC2(CCCCC2)C1. The van der Waals surface area contributed by atoms with Crippen LogP contribution in [0.1, 0.15) is 56.7 Å². The van der Waals surface area contributed by atoms with Gasteiger partial charge in [-0.25, -0.2) is 0 Å². The Hall–Kier alpha value is -0.800. The summed E-state index contributed by atoms with van der Waals surface area (Å²) in [4.78, 5) is 0. The molecule has 1 saturated heterocycles. The van der Waals surface area contributed by atoms with Crippen molar-refractivity contribution >= 4 is 0 Å². The third-order valence-electron chi connectivity index (χ3n) is 4.68. The van der Waals surface area contributed by atoms with Gasteiger partial charge in [0.05, 0.1) is 17.9 Å². The van der Waals surface area contributed by atoms with E-state index in [1.54, 1.807) is 6.26 Å². The molecule has 3 rings (SSSR count). The van der Waals surface area contributed by atoms with Crippen LogP contribution in [-0.2, 0) is 4.74 Å². The maximum atomic E-state index is 6.35. The smallest absolute Gasteiger partial charge is 0.120 e. The number of ether oxygens (including phenoxy) is 1. The highest BCUT2D eigenvalue weighted by molar-refractivity contribution is 5.06. The third kappa shape index (κ3) is 2.34. The van der Waals surface area contributed by atoms with Gasteiger partial charge in [0.2, 0.25) is 0 Å². The second kappa shape index (κ2) is 5.06. The van der Waals surface area contributed by atoms with Gasteiger partial charge in [-0.2, -0.15) is 0 Å². The Labute approximate surface area is 109 Å². The Morgan fingerprint density at radius 3 is 2.83 bits per heavy atom. The highest BCUT2D eigenvalue weighted by Crippen LogP contribution is 2.43. The van der Waals surface area contributed by atoms with Crippen LogP contribution < -0.4 is 5.73 Å². The Balaban J connectivity index is 1.70. The number of hydrogen-bond donors (Lipinski definition) is 1.